The van der Waals surface area contributed by atoms with E-state index in [2.05, 4.69) is 24.8 Å². The van der Waals surface area contributed by atoms with Crippen LogP contribution in [-0.4, -0.2) is 70.1 Å². The van der Waals surface area contributed by atoms with Crippen molar-refractivity contribution in [2.75, 3.05) is 0 Å². The first kappa shape index (κ1) is 73.1. The molecule has 0 aliphatic rings. The van der Waals surface area contributed by atoms with Crippen LogP contribution in [0.25, 0.3) is 65.4 Å². The summed E-state index contributed by atoms with van der Waals surface area (Å²) in [7, 11) is -9.52. The van der Waals surface area contributed by atoms with Gasteiger partial charge in [0.25, 0.3) is 20.0 Å². The topological polar surface area (TPSA) is 154 Å². The van der Waals surface area contributed by atoms with Gasteiger partial charge in [0, 0.05) is 101 Å². The average Bonchev–Trinajstić information content (AvgIpc) is 1.58. The fourth-order valence-corrected chi connectivity index (χ4v) is 22.3. The van der Waals surface area contributed by atoms with Crippen molar-refractivity contribution < 1.29 is 38.4 Å². The van der Waals surface area contributed by atoms with Crippen LogP contribution in [0.5, 0.6) is 0 Å². The second-order valence-electron chi connectivity index (χ2n) is 23.7. The van der Waals surface area contributed by atoms with Gasteiger partial charge in [-0.2, -0.15) is 13.2 Å². The summed E-state index contributed by atoms with van der Waals surface area (Å²) in [4.78, 5) is 12.9. The molecule has 0 saturated heterocycles. The largest absolute Gasteiger partial charge is 0.361 e. The molecule has 98 heavy (non-hydrogen) atoms. The predicted molar refractivity (Wildman–Crippen MR) is 400 cm³/mol. The number of aromatic nitrogens is 6. The van der Waals surface area contributed by atoms with Crippen LogP contribution in [0.2, 0.25) is 45.0 Å². The van der Waals surface area contributed by atoms with Crippen molar-refractivity contribution >= 4 is 187 Å². The Bertz CT molecular complexity index is 5790. The number of nitrogens with one attached hydrogen (secondary N) is 2. The molecule has 2 N–H and O–H groups in total. The third kappa shape index (κ3) is 16.6. The van der Waals surface area contributed by atoms with Crippen LogP contribution in [0, 0.1) is 38.6 Å². The van der Waals surface area contributed by atoms with Gasteiger partial charge in [-0.15, -0.1) is 0 Å². The summed E-state index contributed by atoms with van der Waals surface area (Å²) in [6, 6.07) is 61.2. The summed E-state index contributed by atoms with van der Waals surface area (Å²) in [5, 5.41) is 8.57. The summed E-state index contributed by atoms with van der Waals surface area (Å²) in [6.45, 7) is 5.72. The molecule has 25 heteroatoms. The monoisotopic (exact) mass is 1600 g/mol. The molecule has 9 aromatic carbocycles. The van der Waals surface area contributed by atoms with E-state index in [0.29, 0.717) is 50.4 Å². The first-order chi connectivity index (χ1) is 46.3. The molecule has 0 radical (unpaired) electrons. The zero-order chi connectivity index (χ0) is 70.8. The SMILES string of the molecule is Cc1ccc(S(=O)(=O)n2[c]([Sn]([CH3])([CH3])[CH3])cc3cc(Cl)ccc32)cc1.Cc1ccc(S(=O)(=O)n2c(F)cc3cc(Cl)ccc32)cc1.Cc1ccc(S(=O)(=O)n2ccc3cc(Cl)ccc32)cc1.Clc1ccc2[nH]ccc2c1.Cn1c(F)cc2cc(Cl)ccc21.Fc1cc2cc(Cl)ccc2[nH]1. The van der Waals surface area contributed by atoms with Gasteiger partial charge in [-0.05, 0) is 141 Å². The van der Waals surface area contributed by atoms with Crippen LogP contribution >= 0.6 is 69.6 Å². The predicted octanol–water partition coefficient (Wildman–Crippen LogP) is 21.0. The Morgan fingerprint density at radius 3 is 1.27 bits per heavy atom. The molecule has 0 atom stereocenters. The van der Waals surface area contributed by atoms with Gasteiger partial charge in [-0.3, -0.25) is 0 Å². The van der Waals surface area contributed by atoms with E-state index in [4.69, 9.17) is 69.6 Å². The molecule has 0 fully saturated rings. The fraction of sp³-hybridized carbons (Fsp3) is 0.0959. The first-order valence-corrected chi connectivity index (χ1v) is 46.4. The number of H-pyrrole nitrogens is 2. The smallest absolute Gasteiger partial charge is 0.270 e. The maximum atomic E-state index is 14.1. The molecule has 0 aliphatic carbocycles. The van der Waals surface area contributed by atoms with Crippen LogP contribution in [0.1, 0.15) is 16.7 Å². The molecule has 12 nitrogen and oxygen atoms in total. The summed E-state index contributed by atoms with van der Waals surface area (Å²) < 4.78 is 123. The van der Waals surface area contributed by atoms with Crippen LogP contribution in [0.4, 0.5) is 13.2 Å². The van der Waals surface area contributed by atoms with Crippen molar-refractivity contribution in [2.24, 2.45) is 7.05 Å². The molecule has 15 aromatic rings. The van der Waals surface area contributed by atoms with Crippen molar-refractivity contribution in [1.82, 2.24) is 26.5 Å². The number of nitrogens with zero attached hydrogens (tertiary/aromatic N) is 4. The molecule has 504 valence electrons. The number of aryl methyl sites for hydroxylation is 4. The Balaban J connectivity index is 0.000000131. The zero-order valence-electron chi connectivity index (χ0n) is 53.3. The molecule has 0 spiro atoms. The van der Waals surface area contributed by atoms with Crippen LogP contribution in [-0.2, 0) is 37.1 Å². The van der Waals surface area contributed by atoms with E-state index < -0.39 is 54.4 Å². The Labute approximate surface area is 599 Å². The molecule has 0 bridgehead atoms. The molecular weight excluding hydrogens is 1540 g/mol. The molecule has 0 saturated carbocycles. The number of aromatic amines is 2. The van der Waals surface area contributed by atoms with Gasteiger partial charge in [-0.25, -0.2) is 24.8 Å². The maximum absolute atomic E-state index is 14.1. The Morgan fingerprint density at radius 1 is 0.367 bits per heavy atom. The number of rotatable bonds is 7. The van der Waals surface area contributed by atoms with Gasteiger partial charge in [0.05, 0.1) is 26.3 Å². The van der Waals surface area contributed by atoms with E-state index in [1.807, 2.05) is 75.5 Å². The minimum absolute atomic E-state index is 0.0412. The van der Waals surface area contributed by atoms with E-state index in [-0.39, 0.29) is 27.2 Å². The van der Waals surface area contributed by atoms with Crippen molar-refractivity contribution in [3.63, 3.8) is 0 Å². The molecule has 6 heterocycles. The van der Waals surface area contributed by atoms with Crippen molar-refractivity contribution in [3.8, 4) is 0 Å². The van der Waals surface area contributed by atoms with E-state index in [1.54, 1.807) is 139 Å². The van der Waals surface area contributed by atoms with E-state index in [1.165, 1.54) is 51.0 Å². The molecule has 0 amide bonds. The molecule has 6 aromatic heterocycles. The molecule has 15 rings (SSSR count). The second-order valence-corrected chi connectivity index (χ2v) is 46.1. The molecule has 0 unspecified atom stereocenters. The number of hydrogen-bond donors (Lipinski definition) is 2. The summed E-state index contributed by atoms with van der Waals surface area (Å²) in [5.74, 6) is -1.41. The average molecular weight is 1600 g/mol. The standard InChI is InChI=1S/C15H11ClFNO2S.C15H12ClNO2S.C15H11ClNO2S.C9H7ClFN.C8H5ClFN.C8H6ClN.3CH3.Sn/c1-10-2-5-13(6-3-10)21(19,20)18-14-7-4-12(16)8-11(14)9-15(18)17;2*1-11-2-5-14(6-3-11)20(18,19)17-9-8-12-10-13(16)4-7-15(12)17;1-12-8-3-2-7(10)4-6(8)5-9(12)11;9-6-1-2-7-5(3-6)4-8(10)11-7;9-7-1-2-8-6(5-7)3-4-10-8;;;;/h2-9H,1H3;2-10H,1H3;2-8,10H,1H3;2-5H,1H3;1-4,11H;1-5,10H;3*1H3;. The summed E-state index contributed by atoms with van der Waals surface area (Å²) in [5.41, 5.74) is 7.32. The number of halogens is 9. The molecule has 0 aliphatic heterocycles. The Hall–Kier alpha value is -7.60. The summed E-state index contributed by atoms with van der Waals surface area (Å²) in [6.07, 6.45) is 3.46. The normalized spacial score (nSPS) is 11.7. The number of fused-ring (bicyclic) bond motifs is 6. The van der Waals surface area contributed by atoms with Crippen LogP contribution in [0.3, 0.4) is 0 Å². The maximum Gasteiger partial charge on any atom is 0.270 e. The van der Waals surface area contributed by atoms with Crippen molar-refractivity contribution in [1.29, 1.82) is 0 Å². The van der Waals surface area contributed by atoms with Crippen LogP contribution < -0.4 is 3.71 Å². The van der Waals surface area contributed by atoms with Gasteiger partial charge >= 0.3 is 153 Å². The van der Waals surface area contributed by atoms with Crippen LogP contribution in [0.15, 0.2) is 245 Å². The van der Waals surface area contributed by atoms with E-state index in [0.717, 1.165) is 75.0 Å². The third-order valence-corrected chi connectivity index (χ3v) is 28.0. The number of hydrogen-bond acceptors (Lipinski definition) is 6. The van der Waals surface area contributed by atoms with Crippen molar-refractivity contribution in [2.45, 2.75) is 50.3 Å². The van der Waals surface area contributed by atoms with E-state index >= 15 is 0 Å². The molecular formula is C73H61Cl6F3N6O6S3Sn. The first-order valence-electron chi connectivity index (χ1n) is 29.9. The van der Waals surface area contributed by atoms with Gasteiger partial charge in [0.2, 0.25) is 5.95 Å². The van der Waals surface area contributed by atoms with Crippen molar-refractivity contribution in [3.05, 3.63) is 295 Å². The van der Waals surface area contributed by atoms with Gasteiger partial charge in [-0.1, -0.05) is 93.4 Å². The fourth-order valence-electron chi connectivity index (χ4n) is 10.4. The van der Waals surface area contributed by atoms with Gasteiger partial charge < -0.3 is 14.5 Å². The summed E-state index contributed by atoms with van der Waals surface area (Å²) >= 11 is 32.4. The van der Waals surface area contributed by atoms with Gasteiger partial charge in [0.15, 0.2) is 11.9 Å². The minimum atomic E-state index is -3.98. The Morgan fingerprint density at radius 2 is 0.755 bits per heavy atom. The second kappa shape index (κ2) is 30.1. The quantitative estimate of drug-likeness (QED) is 0.152. The minimum Gasteiger partial charge on any atom is -0.361 e. The Kier molecular flexibility index (Phi) is 22.4. The zero-order valence-corrected chi connectivity index (χ0v) is 63.1. The number of benzene rings is 9. The van der Waals surface area contributed by atoms with E-state index in [9.17, 15) is 38.4 Å². The van der Waals surface area contributed by atoms with Gasteiger partial charge in [0.1, 0.15) is 0 Å². The third-order valence-electron chi connectivity index (χ3n) is 15.5.